The van der Waals surface area contributed by atoms with Crippen LogP contribution in [-0.2, 0) is 11.2 Å². The van der Waals surface area contributed by atoms with Crippen molar-refractivity contribution < 1.29 is 9.53 Å². The first-order chi connectivity index (χ1) is 12.8. The van der Waals surface area contributed by atoms with Gasteiger partial charge in [-0.2, -0.15) is 0 Å². The lowest BCUT2D eigenvalue weighted by Crippen LogP contribution is -2.42. The van der Waals surface area contributed by atoms with Crippen molar-refractivity contribution in [2.45, 2.75) is 12.5 Å². The second-order valence-electron chi connectivity index (χ2n) is 6.31. The van der Waals surface area contributed by atoms with Gasteiger partial charge < -0.3 is 9.64 Å². The molecule has 1 aliphatic heterocycles. The molecule has 0 aliphatic carbocycles. The highest BCUT2D eigenvalue weighted by Crippen LogP contribution is 2.24. The number of nitrogens with zero attached hydrogens (tertiary/aromatic N) is 2. The van der Waals surface area contributed by atoms with E-state index in [1.807, 2.05) is 58.8 Å². The van der Waals surface area contributed by atoms with Gasteiger partial charge in [0.15, 0.2) is 0 Å². The first-order valence-electron chi connectivity index (χ1n) is 8.74. The van der Waals surface area contributed by atoms with Crippen molar-refractivity contribution in [2.75, 3.05) is 19.7 Å². The second-order valence-corrected chi connectivity index (χ2v) is 7.25. The molecule has 1 saturated heterocycles. The topological polar surface area (TPSA) is 42.4 Å². The molecule has 0 spiro atoms. The zero-order chi connectivity index (χ0) is 17.8. The highest BCUT2D eigenvalue weighted by Gasteiger charge is 2.27. The highest BCUT2D eigenvalue weighted by atomic mass is 32.1. The first-order valence-corrected chi connectivity index (χ1v) is 9.62. The molecule has 1 amide bonds. The van der Waals surface area contributed by atoms with Crippen molar-refractivity contribution in [3.63, 3.8) is 0 Å². The molecule has 0 N–H and O–H groups in total. The summed E-state index contributed by atoms with van der Waals surface area (Å²) < 4.78 is 5.85. The number of carbonyl (C=O) groups excluding carboxylic acids is 1. The van der Waals surface area contributed by atoms with Gasteiger partial charge in [0.05, 0.1) is 18.2 Å². The Balaban J connectivity index is 1.44. The Morgan fingerprint density at radius 2 is 1.85 bits per heavy atom. The average Bonchev–Trinajstić information content (AvgIpc) is 3.17. The van der Waals surface area contributed by atoms with E-state index in [0.717, 1.165) is 17.0 Å². The van der Waals surface area contributed by atoms with Crippen LogP contribution in [0.3, 0.4) is 0 Å². The van der Waals surface area contributed by atoms with Crippen molar-refractivity contribution in [3.05, 3.63) is 87.9 Å². The van der Waals surface area contributed by atoms with Crippen LogP contribution in [0.2, 0.25) is 0 Å². The van der Waals surface area contributed by atoms with E-state index < -0.39 is 0 Å². The van der Waals surface area contributed by atoms with E-state index in [1.54, 1.807) is 11.3 Å². The predicted molar refractivity (Wildman–Crippen MR) is 102 cm³/mol. The molecule has 1 atom stereocenters. The third kappa shape index (κ3) is 3.84. The van der Waals surface area contributed by atoms with E-state index in [2.05, 4.69) is 17.1 Å². The molecule has 1 aliphatic rings. The SMILES string of the molecule is O=C(c1csc(Cc2ccccc2)n1)N1CCO[C@@H](c2ccccc2)C1. The van der Waals surface area contributed by atoms with E-state index in [-0.39, 0.29) is 12.0 Å². The van der Waals surface area contributed by atoms with Gasteiger partial charge in [0.1, 0.15) is 11.8 Å². The minimum Gasteiger partial charge on any atom is -0.370 e. The molecule has 1 fully saturated rings. The number of morpholine rings is 1. The standard InChI is InChI=1S/C21H20N2O2S/c24-21(18-15-26-20(22-18)13-16-7-3-1-4-8-16)23-11-12-25-19(14-23)17-9-5-2-6-10-17/h1-10,15,19H,11-14H2/t19-/m1/s1. The number of ether oxygens (including phenoxy) is 1. The molecule has 0 unspecified atom stereocenters. The molecular formula is C21H20N2O2S. The number of rotatable bonds is 4. The molecule has 26 heavy (non-hydrogen) atoms. The Kier molecular flexibility index (Phi) is 5.09. The lowest BCUT2D eigenvalue weighted by Gasteiger charge is -2.32. The fourth-order valence-electron chi connectivity index (χ4n) is 3.13. The maximum Gasteiger partial charge on any atom is 0.273 e. The van der Waals surface area contributed by atoms with Crippen molar-refractivity contribution in [2.24, 2.45) is 0 Å². The Bertz CT molecular complexity index is 864. The summed E-state index contributed by atoms with van der Waals surface area (Å²) in [5.41, 5.74) is 2.85. The normalized spacial score (nSPS) is 17.2. The minimum absolute atomic E-state index is 0.00945. The molecule has 4 rings (SSSR count). The number of hydrogen-bond donors (Lipinski definition) is 0. The first kappa shape index (κ1) is 16.9. The molecule has 1 aromatic heterocycles. The fraction of sp³-hybridized carbons (Fsp3) is 0.238. The average molecular weight is 364 g/mol. The van der Waals surface area contributed by atoms with Crippen LogP contribution in [0.25, 0.3) is 0 Å². The van der Waals surface area contributed by atoms with Crippen LogP contribution in [0, 0.1) is 0 Å². The van der Waals surface area contributed by atoms with E-state index in [1.165, 1.54) is 5.56 Å². The van der Waals surface area contributed by atoms with Gasteiger partial charge in [-0.15, -0.1) is 11.3 Å². The van der Waals surface area contributed by atoms with Crippen molar-refractivity contribution >= 4 is 17.2 Å². The Labute approximate surface area is 157 Å². The number of carbonyl (C=O) groups is 1. The summed E-state index contributed by atoms with van der Waals surface area (Å²) in [6.45, 7) is 1.72. The number of aromatic nitrogens is 1. The lowest BCUT2D eigenvalue weighted by atomic mass is 10.1. The minimum atomic E-state index is -0.0728. The number of thiazole rings is 1. The summed E-state index contributed by atoms with van der Waals surface area (Å²) in [4.78, 5) is 19.3. The summed E-state index contributed by atoms with van der Waals surface area (Å²) in [6, 6.07) is 20.3. The van der Waals surface area contributed by atoms with Crippen LogP contribution < -0.4 is 0 Å². The maximum absolute atomic E-state index is 12.9. The van der Waals surface area contributed by atoms with Crippen LogP contribution >= 0.6 is 11.3 Å². The maximum atomic E-state index is 12.9. The highest BCUT2D eigenvalue weighted by molar-refractivity contribution is 7.09. The van der Waals surface area contributed by atoms with Gasteiger partial charge in [0, 0.05) is 18.3 Å². The quantitative estimate of drug-likeness (QED) is 0.704. The number of benzene rings is 2. The van der Waals surface area contributed by atoms with Crippen molar-refractivity contribution in [3.8, 4) is 0 Å². The third-order valence-electron chi connectivity index (χ3n) is 4.49. The molecule has 0 bridgehead atoms. The van der Waals surface area contributed by atoms with E-state index in [9.17, 15) is 4.79 Å². The van der Waals surface area contributed by atoms with Gasteiger partial charge in [-0.05, 0) is 11.1 Å². The van der Waals surface area contributed by atoms with E-state index >= 15 is 0 Å². The fourth-order valence-corrected chi connectivity index (χ4v) is 3.93. The smallest absolute Gasteiger partial charge is 0.273 e. The molecule has 5 heteroatoms. The van der Waals surface area contributed by atoms with Gasteiger partial charge in [-0.1, -0.05) is 60.7 Å². The molecule has 0 radical (unpaired) electrons. The summed E-state index contributed by atoms with van der Waals surface area (Å²) in [5, 5.41) is 2.83. The molecular weight excluding hydrogens is 344 g/mol. The lowest BCUT2D eigenvalue weighted by molar-refractivity contribution is -0.0229. The second kappa shape index (κ2) is 7.81. The number of hydrogen-bond acceptors (Lipinski definition) is 4. The van der Waals surface area contributed by atoms with Crippen molar-refractivity contribution in [1.29, 1.82) is 0 Å². The summed E-state index contributed by atoms with van der Waals surface area (Å²) in [5.74, 6) is -0.00945. The molecule has 0 saturated carbocycles. The summed E-state index contributed by atoms with van der Waals surface area (Å²) in [6.07, 6.45) is 0.686. The Morgan fingerprint density at radius 3 is 2.62 bits per heavy atom. The van der Waals surface area contributed by atoms with Crippen LogP contribution in [0.4, 0.5) is 0 Å². The predicted octanol–water partition coefficient (Wildman–Crippen LogP) is 3.95. The third-order valence-corrected chi connectivity index (χ3v) is 5.34. The number of amides is 1. The van der Waals surface area contributed by atoms with Gasteiger partial charge in [0.25, 0.3) is 5.91 Å². The summed E-state index contributed by atoms with van der Waals surface area (Å²) >= 11 is 1.54. The zero-order valence-corrected chi connectivity index (χ0v) is 15.2. The van der Waals surface area contributed by atoms with E-state index in [4.69, 9.17) is 4.74 Å². The van der Waals surface area contributed by atoms with Crippen molar-refractivity contribution in [1.82, 2.24) is 9.88 Å². The molecule has 2 heterocycles. The van der Waals surface area contributed by atoms with Gasteiger partial charge in [-0.25, -0.2) is 4.98 Å². The molecule has 2 aromatic carbocycles. The van der Waals surface area contributed by atoms with Crippen LogP contribution in [0.5, 0.6) is 0 Å². The van der Waals surface area contributed by atoms with Gasteiger partial charge in [0.2, 0.25) is 0 Å². The van der Waals surface area contributed by atoms with Crippen LogP contribution in [0.15, 0.2) is 66.0 Å². The molecule has 4 nitrogen and oxygen atoms in total. The van der Waals surface area contributed by atoms with Gasteiger partial charge >= 0.3 is 0 Å². The van der Waals surface area contributed by atoms with Crippen LogP contribution in [-0.4, -0.2) is 35.5 Å². The van der Waals surface area contributed by atoms with Crippen LogP contribution in [0.1, 0.15) is 32.7 Å². The van der Waals surface area contributed by atoms with Gasteiger partial charge in [-0.3, -0.25) is 4.79 Å². The monoisotopic (exact) mass is 364 g/mol. The summed E-state index contributed by atoms with van der Waals surface area (Å²) in [7, 11) is 0. The molecule has 3 aromatic rings. The Hall–Kier alpha value is -2.50. The Morgan fingerprint density at radius 1 is 1.12 bits per heavy atom. The zero-order valence-electron chi connectivity index (χ0n) is 14.4. The molecule has 132 valence electrons. The van der Waals surface area contributed by atoms with E-state index in [0.29, 0.717) is 25.4 Å². The largest absolute Gasteiger partial charge is 0.370 e.